The molecule has 6 heteroatoms. The van der Waals surface area contributed by atoms with E-state index in [4.69, 9.17) is 10.2 Å². The van der Waals surface area contributed by atoms with Crippen LogP contribution in [0.3, 0.4) is 0 Å². The van der Waals surface area contributed by atoms with Crippen LogP contribution in [0.15, 0.2) is 15.4 Å². The van der Waals surface area contributed by atoms with E-state index < -0.39 is 10.0 Å². The molecule has 0 aliphatic carbocycles. The molecule has 0 aromatic carbocycles. The van der Waals surface area contributed by atoms with E-state index >= 15 is 0 Å². The van der Waals surface area contributed by atoms with Gasteiger partial charge in [0, 0.05) is 19.2 Å². The zero-order valence-corrected chi connectivity index (χ0v) is 11.7. The van der Waals surface area contributed by atoms with Gasteiger partial charge in [0.25, 0.3) is 0 Å². The van der Waals surface area contributed by atoms with Crippen molar-refractivity contribution in [2.24, 2.45) is 11.7 Å². The van der Waals surface area contributed by atoms with E-state index in [1.165, 1.54) is 0 Å². The number of hydrogen-bond donors (Lipinski definition) is 1. The van der Waals surface area contributed by atoms with Gasteiger partial charge < -0.3 is 10.2 Å². The van der Waals surface area contributed by atoms with Crippen LogP contribution in [0, 0.1) is 12.8 Å². The van der Waals surface area contributed by atoms with E-state index in [0.29, 0.717) is 30.5 Å². The zero-order valence-electron chi connectivity index (χ0n) is 10.8. The first-order valence-electron chi connectivity index (χ1n) is 6.24. The fourth-order valence-corrected chi connectivity index (χ4v) is 4.17. The van der Waals surface area contributed by atoms with Crippen LogP contribution in [0.5, 0.6) is 0 Å². The van der Waals surface area contributed by atoms with Gasteiger partial charge in [-0.3, -0.25) is 0 Å². The lowest BCUT2D eigenvalue weighted by Crippen LogP contribution is -2.39. The molecule has 1 aromatic rings. The van der Waals surface area contributed by atoms with Crippen molar-refractivity contribution in [2.75, 3.05) is 13.1 Å². The summed E-state index contributed by atoms with van der Waals surface area (Å²) in [5.74, 6) is 1.35. The maximum absolute atomic E-state index is 12.5. The fraction of sp³-hybridized carbons (Fsp3) is 0.667. The predicted molar refractivity (Wildman–Crippen MR) is 68.5 cm³/mol. The van der Waals surface area contributed by atoms with E-state index in [1.807, 2.05) is 0 Å². The van der Waals surface area contributed by atoms with Crippen molar-refractivity contribution < 1.29 is 12.8 Å². The minimum atomic E-state index is -3.43. The van der Waals surface area contributed by atoms with Crippen LogP contribution in [0.2, 0.25) is 0 Å². The third kappa shape index (κ3) is 2.46. The zero-order chi connectivity index (χ0) is 13.3. The second kappa shape index (κ2) is 5.03. The highest BCUT2D eigenvalue weighted by atomic mass is 32.2. The van der Waals surface area contributed by atoms with E-state index in [2.05, 4.69) is 6.92 Å². The summed E-state index contributed by atoms with van der Waals surface area (Å²) < 4.78 is 31.9. The average Bonchev–Trinajstić information content (AvgIpc) is 2.71. The Labute approximate surface area is 108 Å². The first-order chi connectivity index (χ1) is 8.45. The lowest BCUT2D eigenvalue weighted by atomic mass is 10.0. The van der Waals surface area contributed by atoms with Crippen molar-refractivity contribution >= 4 is 10.0 Å². The molecule has 1 saturated heterocycles. The van der Waals surface area contributed by atoms with Gasteiger partial charge in [0.2, 0.25) is 10.0 Å². The number of nitrogens with two attached hydrogens (primary N) is 1. The Kier molecular flexibility index (Phi) is 3.79. The Bertz CT molecular complexity index is 521. The van der Waals surface area contributed by atoms with Gasteiger partial charge in [-0.15, -0.1) is 0 Å². The number of hydrogen-bond acceptors (Lipinski definition) is 4. The Balaban J connectivity index is 2.32. The van der Waals surface area contributed by atoms with Crippen LogP contribution in [-0.2, 0) is 16.6 Å². The molecule has 0 bridgehead atoms. The maximum Gasteiger partial charge on any atom is 0.246 e. The molecule has 2 heterocycles. The van der Waals surface area contributed by atoms with Gasteiger partial charge in [-0.2, -0.15) is 4.31 Å². The first-order valence-corrected chi connectivity index (χ1v) is 7.68. The topological polar surface area (TPSA) is 76.5 Å². The van der Waals surface area contributed by atoms with Crippen molar-refractivity contribution in [2.45, 2.75) is 38.1 Å². The maximum atomic E-state index is 12.5. The quantitative estimate of drug-likeness (QED) is 0.904. The summed E-state index contributed by atoms with van der Waals surface area (Å²) in [6, 6.07) is 1.55. The molecule has 0 spiro atoms. The molecular weight excluding hydrogens is 252 g/mol. The molecule has 1 aromatic heterocycles. The minimum Gasteiger partial charge on any atom is -0.464 e. The van der Waals surface area contributed by atoms with E-state index in [0.717, 1.165) is 12.8 Å². The third-order valence-corrected chi connectivity index (χ3v) is 5.33. The molecular formula is C12H20N2O3S. The highest BCUT2D eigenvalue weighted by molar-refractivity contribution is 7.89. The van der Waals surface area contributed by atoms with Gasteiger partial charge in [0.15, 0.2) is 0 Å². The Morgan fingerprint density at radius 1 is 1.56 bits per heavy atom. The smallest absolute Gasteiger partial charge is 0.246 e. The monoisotopic (exact) mass is 272 g/mol. The van der Waals surface area contributed by atoms with Crippen LogP contribution in [0.25, 0.3) is 0 Å². The number of aryl methyl sites for hydroxylation is 1. The Morgan fingerprint density at radius 2 is 2.28 bits per heavy atom. The summed E-state index contributed by atoms with van der Waals surface area (Å²) in [6.07, 6.45) is 2.01. The van der Waals surface area contributed by atoms with Gasteiger partial charge in [0.1, 0.15) is 16.4 Å². The highest BCUT2D eigenvalue weighted by Crippen LogP contribution is 2.27. The molecule has 5 nitrogen and oxygen atoms in total. The Morgan fingerprint density at radius 3 is 2.83 bits per heavy atom. The molecule has 1 aliphatic heterocycles. The van der Waals surface area contributed by atoms with Crippen LogP contribution in [0.4, 0.5) is 0 Å². The number of rotatable bonds is 3. The number of furan rings is 1. The van der Waals surface area contributed by atoms with Gasteiger partial charge in [-0.1, -0.05) is 6.92 Å². The summed E-state index contributed by atoms with van der Waals surface area (Å²) in [4.78, 5) is 0.261. The van der Waals surface area contributed by atoms with Crippen molar-refractivity contribution in [3.05, 3.63) is 17.6 Å². The molecule has 0 saturated carbocycles. The highest BCUT2D eigenvalue weighted by Gasteiger charge is 2.31. The second-order valence-corrected chi connectivity index (χ2v) is 6.85. The summed E-state index contributed by atoms with van der Waals surface area (Å²) in [5, 5.41) is 0. The van der Waals surface area contributed by atoms with Gasteiger partial charge >= 0.3 is 0 Å². The molecule has 0 amide bonds. The lowest BCUT2D eigenvalue weighted by Gasteiger charge is -2.29. The molecule has 1 fully saturated rings. The van der Waals surface area contributed by atoms with Crippen molar-refractivity contribution in [1.29, 1.82) is 0 Å². The van der Waals surface area contributed by atoms with Crippen LogP contribution < -0.4 is 5.73 Å². The van der Waals surface area contributed by atoms with Crippen LogP contribution in [-0.4, -0.2) is 25.8 Å². The van der Waals surface area contributed by atoms with E-state index in [1.54, 1.807) is 17.3 Å². The molecule has 2 N–H and O–H groups in total. The van der Waals surface area contributed by atoms with Crippen LogP contribution in [0.1, 0.15) is 31.3 Å². The van der Waals surface area contributed by atoms with Gasteiger partial charge in [0.05, 0.1) is 6.54 Å². The van der Waals surface area contributed by atoms with Crippen LogP contribution >= 0.6 is 0 Å². The normalized spacial score (nSPS) is 22.3. The first kappa shape index (κ1) is 13.6. The third-order valence-electron chi connectivity index (χ3n) is 3.36. The standard InChI is InChI=1S/C12H20N2O3S/c1-9-4-3-5-14(8-9)18(15,16)12-6-11(7-13)17-10(12)2/h6,9H,3-5,7-8,13H2,1-2H3. The van der Waals surface area contributed by atoms with Gasteiger partial charge in [-0.05, 0) is 25.7 Å². The molecule has 102 valence electrons. The average molecular weight is 272 g/mol. The number of sulfonamides is 1. The molecule has 1 atom stereocenters. The fourth-order valence-electron chi connectivity index (χ4n) is 2.38. The van der Waals surface area contributed by atoms with Crippen molar-refractivity contribution in [3.63, 3.8) is 0 Å². The van der Waals surface area contributed by atoms with E-state index in [-0.39, 0.29) is 11.4 Å². The van der Waals surface area contributed by atoms with Crippen molar-refractivity contribution in [3.8, 4) is 0 Å². The molecule has 0 radical (unpaired) electrons. The molecule has 2 rings (SSSR count). The second-order valence-electron chi connectivity index (χ2n) is 4.95. The predicted octanol–water partition coefficient (Wildman–Crippen LogP) is 1.47. The minimum absolute atomic E-state index is 0.215. The molecule has 1 aliphatic rings. The summed E-state index contributed by atoms with van der Waals surface area (Å²) >= 11 is 0. The van der Waals surface area contributed by atoms with Crippen molar-refractivity contribution in [1.82, 2.24) is 4.31 Å². The SMILES string of the molecule is Cc1oc(CN)cc1S(=O)(=O)N1CCCC(C)C1. The number of nitrogens with zero attached hydrogens (tertiary/aromatic N) is 1. The summed E-state index contributed by atoms with van der Waals surface area (Å²) in [7, 11) is -3.43. The lowest BCUT2D eigenvalue weighted by molar-refractivity contribution is 0.281. The summed E-state index contributed by atoms with van der Waals surface area (Å²) in [5.41, 5.74) is 5.47. The number of piperidine rings is 1. The molecule has 1 unspecified atom stereocenters. The van der Waals surface area contributed by atoms with E-state index in [9.17, 15) is 8.42 Å². The Hall–Kier alpha value is -0.850. The largest absolute Gasteiger partial charge is 0.464 e. The molecule has 18 heavy (non-hydrogen) atoms. The summed E-state index contributed by atoms with van der Waals surface area (Å²) in [6.45, 7) is 5.14. The van der Waals surface area contributed by atoms with Gasteiger partial charge in [-0.25, -0.2) is 8.42 Å².